The first kappa shape index (κ1) is 13.6. The van der Waals surface area contributed by atoms with Gasteiger partial charge in [-0.1, -0.05) is 33.1 Å². The summed E-state index contributed by atoms with van der Waals surface area (Å²) in [6.45, 7) is 4.99. The molecule has 4 aliphatic rings. The first-order valence-electron chi connectivity index (χ1n) is 9.19. The van der Waals surface area contributed by atoms with Crippen LogP contribution in [0.1, 0.15) is 78.1 Å². The Kier molecular flexibility index (Phi) is 3.03. The van der Waals surface area contributed by atoms with Crippen molar-refractivity contribution in [2.75, 3.05) is 0 Å². The third-order valence-corrected chi connectivity index (χ3v) is 8.33. The molecule has 114 valence electrons. The summed E-state index contributed by atoms with van der Waals surface area (Å²) in [5.41, 5.74) is 0.906. The van der Waals surface area contributed by atoms with E-state index in [-0.39, 0.29) is 0 Å². The first-order chi connectivity index (χ1) is 9.55. The van der Waals surface area contributed by atoms with Gasteiger partial charge >= 0.3 is 0 Å². The van der Waals surface area contributed by atoms with E-state index < -0.39 is 6.17 Å². The van der Waals surface area contributed by atoms with E-state index in [4.69, 9.17) is 0 Å². The molecule has 0 nitrogen and oxygen atoms in total. The van der Waals surface area contributed by atoms with Crippen LogP contribution in [0.15, 0.2) is 0 Å². The van der Waals surface area contributed by atoms with Crippen molar-refractivity contribution >= 4 is 0 Å². The predicted molar refractivity (Wildman–Crippen MR) is 81.2 cm³/mol. The van der Waals surface area contributed by atoms with Crippen LogP contribution in [0.2, 0.25) is 0 Å². The number of hydrogen-bond acceptors (Lipinski definition) is 0. The highest BCUT2D eigenvalue weighted by Gasteiger charge is 2.59. The Morgan fingerprint density at radius 2 is 1.60 bits per heavy atom. The van der Waals surface area contributed by atoms with Crippen molar-refractivity contribution in [3.63, 3.8) is 0 Å². The second kappa shape index (κ2) is 4.46. The number of hydrogen-bond donors (Lipinski definition) is 0. The molecule has 0 N–H and O–H groups in total. The van der Waals surface area contributed by atoms with Gasteiger partial charge in [0.1, 0.15) is 6.17 Å². The molecular weight excluding hydrogens is 247 g/mol. The lowest BCUT2D eigenvalue weighted by Gasteiger charge is -2.60. The van der Waals surface area contributed by atoms with Crippen molar-refractivity contribution < 1.29 is 4.39 Å². The summed E-state index contributed by atoms with van der Waals surface area (Å²) in [6, 6.07) is 0. The second-order valence-electron chi connectivity index (χ2n) is 9.07. The third kappa shape index (κ3) is 1.70. The van der Waals surface area contributed by atoms with Crippen LogP contribution in [0.3, 0.4) is 0 Å². The molecule has 7 atom stereocenters. The van der Waals surface area contributed by atoms with Gasteiger partial charge in [-0.15, -0.1) is 0 Å². The van der Waals surface area contributed by atoms with Gasteiger partial charge in [0.2, 0.25) is 0 Å². The van der Waals surface area contributed by atoms with Crippen LogP contribution in [0, 0.1) is 34.5 Å². The van der Waals surface area contributed by atoms with Crippen LogP contribution in [0.25, 0.3) is 0 Å². The number of halogens is 1. The van der Waals surface area contributed by atoms with Gasteiger partial charge in [-0.3, -0.25) is 0 Å². The van der Waals surface area contributed by atoms with E-state index in [2.05, 4.69) is 13.8 Å². The van der Waals surface area contributed by atoms with E-state index in [9.17, 15) is 4.39 Å². The van der Waals surface area contributed by atoms with Gasteiger partial charge in [-0.25, -0.2) is 4.39 Å². The number of rotatable bonds is 0. The average molecular weight is 278 g/mol. The highest BCUT2D eigenvalue weighted by Crippen LogP contribution is 2.66. The minimum Gasteiger partial charge on any atom is -0.247 e. The van der Waals surface area contributed by atoms with E-state index in [0.29, 0.717) is 22.7 Å². The van der Waals surface area contributed by atoms with Gasteiger partial charge in [0, 0.05) is 0 Å². The lowest BCUT2D eigenvalue weighted by atomic mass is 9.45. The summed E-state index contributed by atoms with van der Waals surface area (Å²) >= 11 is 0. The molecule has 0 radical (unpaired) electrons. The molecule has 1 heteroatoms. The van der Waals surface area contributed by atoms with Crippen LogP contribution in [-0.2, 0) is 0 Å². The topological polar surface area (TPSA) is 0 Å². The maximum atomic E-state index is 14.9. The molecule has 0 amide bonds. The molecule has 1 unspecified atom stereocenters. The molecule has 0 aromatic carbocycles. The van der Waals surface area contributed by atoms with Crippen LogP contribution in [-0.4, -0.2) is 6.17 Å². The molecular formula is C19H31F. The van der Waals surface area contributed by atoms with Crippen molar-refractivity contribution in [2.24, 2.45) is 34.5 Å². The van der Waals surface area contributed by atoms with Crippen LogP contribution < -0.4 is 0 Å². The fourth-order valence-electron chi connectivity index (χ4n) is 7.29. The average Bonchev–Trinajstić information content (AvgIpc) is 2.81. The minimum atomic E-state index is -0.496. The number of fused-ring (bicyclic) bond motifs is 5. The molecule has 4 fully saturated rings. The standard InChI is InChI=1S/C19H31F/c1-18-9-5-7-14(18)13-12-17(20)16-6-3-4-10-19(16,2)15(13)8-11-18/h13-17H,3-12H2,1-2H3/t13-,14-,15-,16?,17-,18-,19+/m0/s1. The van der Waals surface area contributed by atoms with E-state index in [1.807, 2.05) is 0 Å². The van der Waals surface area contributed by atoms with E-state index in [1.54, 1.807) is 0 Å². The molecule has 4 rings (SSSR count). The fourth-order valence-corrected chi connectivity index (χ4v) is 7.29. The minimum absolute atomic E-state index is 0.338. The molecule has 0 aliphatic heterocycles. The van der Waals surface area contributed by atoms with Crippen molar-refractivity contribution in [3.05, 3.63) is 0 Å². The zero-order chi connectivity index (χ0) is 14.0. The van der Waals surface area contributed by atoms with Gasteiger partial charge in [0.15, 0.2) is 0 Å². The summed E-state index contributed by atoms with van der Waals surface area (Å²) in [7, 11) is 0. The molecule has 0 aromatic rings. The van der Waals surface area contributed by atoms with Crippen molar-refractivity contribution in [1.29, 1.82) is 0 Å². The highest BCUT2D eigenvalue weighted by atomic mass is 19.1. The Hall–Kier alpha value is -0.0700. The third-order valence-electron chi connectivity index (χ3n) is 8.33. The second-order valence-corrected chi connectivity index (χ2v) is 9.07. The molecule has 0 aromatic heterocycles. The Morgan fingerprint density at radius 1 is 0.800 bits per heavy atom. The van der Waals surface area contributed by atoms with Crippen molar-refractivity contribution in [2.45, 2.75) is 84.2 Å². The van der Waals surface area contributed by atoms with E-state index in [1.165, 1.54) is 57.8 Å². The Labute approximate surface area is 123 Å². The maximum absolute atomic E-state index is 14.9. The molecule has 0 spiro atoms. The molecule has 4 aliphatic carbocycles. The van der Waals surface area contributed by atoms with Crippen LogP contribution in [0.5, 0.6) is 0 Å². The largest absolute Gasteiger partial charge is 0.247 e. The fraction of sp³-hybridized carbons (Fsp3) is 1.00. The van der Waals surface area contributed by atoms with Gasteiger partial charge in [0.25, 0.3) is 0 Å². The Morgan fingerprint density at radius 3 is 2.45 bits per heavy atom. The Bertz CT molecular complexity index is 391. The maximum Gasteiger partial charge on any atom is 0.104 e. The quantitative estimate of drug-likeness (QED) is 0.528. The predicted octanol–water partition coefficient (Wildman–Crippen LogP) is 5.76. The van der Waals surface area contributed by atoms with Crippen LogP contribution in [0.4, 0.5) is 4.39 Å². The van der Waals surface area contributed by atoms with Crippen LogP contribution >= 0.6 is 0 Å². The van der Waals surface area contributed by atoms with E-state index in [0.717, 1.165) is 18.3 Å². The summed E-state index contributed by atoms with van der Waals surface area (Å²) in [5.74, 6) is 2.80. The smallest absolute Gasteiger partial charge is 0.104 e. The van der Waals surface area contributed by atoms with Gasteiger partial charge < -0.3 is 0 Å². The summed E-state index contributed by atoms with van der Waals surface area (Å²) < 4.78 is 14.9. The van der Waals surface area contributed by atoms with Gasteiger partial charge in [0.05, 0.1) is 0 Å². The summed E-state index contributed by atoms with van der Waals surface area (Å²) in [6.07, 6.45) is 12.6. The molecule has 20 heavy (non-hydrogen) atoms. The zero-order valence-corrected chi connectivity index (χ0v) is 13.3. The molecule has 4 saturated carbocycles. The SMILES string of the molecule is C[C@@]12CCC[C@H]1[C@@H]1C[C@H](F)C3CCCC[C@]3(C)[C@H]1CC2. The van der Waals surface area contributed by atoms with Crippen molar-refractivity contribution in [3.8, 4) is 0 Å². The highest BCUT2D eigenvalue weighted by molar-refractivity contribution is 5.08. The monoisotopic (exact) mass is 278 g/mol. The lowest BCUT2D eigenvalue weighted by molar-refractivity contribution is -0.134. The molecule has 0 heterocycles. The van der Waals surface area contributed by atoms with Crippen molar-refractivity contribution in [1.82, 2.24) is 0 Å². The van der Waals surface area contributed by atoms with Gasteiger partial charge in [-0.2, -0.15) is 0 Å². The van der Waals surface area contributed by atoms with Gasteiger partial charge in [-0.05, 0) is 79.4 Å². The zero-order valence-electron chi connectivity index (χ0n) is 13.3. The molecule has 0 bridgehead atoms. The first-order valence-corrected chi connectivity index (χ1v) is 9.19. The lowest BCUT2D eigenvalue weighted by Crippen LogP contribution is -2.55. The normalized spacial score (nSPS) is 58.6. The summed E-state index contributed by atoms with van der Waals surface area (Å²) in [5, 5.41) is 0. The molecule has 0 saturated heterocycles. The number of alkyl halides is 1. The Balaban J connectivity index is 1.68. The van der Waals surface area contributed by atoms with E-state index >= 15 is 0 Å². The summed E-state index contributed by atoms with van der Waals surface area (Å²) in [4.78, 5) is 0.